The Morgan fingerprint density at radius 2 is 1.77 bits per heavy atom. The van der Waals surface area contributed by atoms with Crippen LogP contribution in [-0.2, 0) is 4.79 Å². The summed E-state index contributed by atoms with van der Waals surface area (Å²) in [4.78, 5) is 11.9. The van der Waals surface area contributed by atoms with E-state index in [1.807, 2.05) is 23.5 Å². The van der Waals surface area contributed by atoms with Crippen LogP contribution in [0.2, 0.25) is 0 Å². The smallest absolute Gasteiger partial charge is 0.158 e. The lowest BCUT2D eigenvalue weighted by atomic mass is 10.2. The zero-order valence-electron chi connectivity index (χ0n) is 7.88. The second-order valence-electron chi connectivity index (χ2n) is 3.79. The quantitative estimate of drug-likeness (QED) is 0.619. The maximum Gasteiger partial charge on any atom is 0.158 e. The summed E-state index contributed by atoms with van der Waals surface area (Å²) in [6.07, 6.45) is 6.88. The third kappa shape index (κ3) is 2.07. The van der Waals surface area contributed by atoms with Crippen molar-refractivity contribution in [3.8, 4) is 0 Å². The maximum atomic E-state index is 11.9. The van der Waals surface area contributed by atoms with E-state index in [0.717, 1.165) is 19.3 Å². The Morgan fingerprint density at radius 1 is 1.00 bits per heavy atom. The maximum absolute atomic E-state index is 11.9. The van der Waals surface area contributed by atoms with Crippen molar-refractivity contribution in [3.05, 3.63) is 0 Å². The highest BCUT2D eigenvalue weighted by molar-refractivity contribution is 8.19. The number of carbonyl (C=O) groups is 1. The van der Waals surface area contributed by atoms with Gasteiger partial charge in [0.1, 0.15) is 4.08 Å². The first-order chi connectivity index (χ1) is 6.33. The second-order valence-corrected chi connectivity index (χ2v) is 6.83. The molecule has 0 bridgehead atoms. The van der Waals surface area contributed by atoms with Gasteiger partial charge in [0.15, 0.2) is 5.78 Å². The zero-order chi connectivity index (χ0) is 9.15. The van der Waals surface area contributed by atoms with Gasteiger partial charge in [-0.05, 0) is 30.8 Å². The van der Waals surface area contributed by atoms with Gasteiger partial charge in [0.25, 0.3) is 0 Å². The molecule has 1 aliphatic heterocycles. The monoisotopic (exact) mass is 216 g/mol. The van der Waals surface area contributed by atoms with Gasteiger partial charge in [-0.1, -0.05) is 12.8 Å². The molecule has 1 saturated carbocycles. The summed E-state index contributed by atoms with van der Waals surface area (Å²) in [5.74, 6) is 2.91. The summed E-state index contributed by atoms with van der Waals surface area (Å²) < 4.78 is -0.00521. The first kappa shape index (κ1) is 9.91. The van der Waals surface area contributed by atoms with Crippen molar-refractivity contribution in [2.45, 2.75) is 42.6 Å². The van der Waals surface area contributed by atoms with Crippen LogP contribution in [0.1, 0.15) is 38.5 Å². The highest BCUT2D eigenvalue weighted by Gasteiger charge is 2.40. The molecular weight excluding hydrogens is 200 g/mol. The molecular formula is C10H16OS2. The molecule has 0 aromatic rings. The molecule has 3 heteroatoms. The average Bonchev–Trinajstić information content (AvgIpc) is 2.33. The Kier molecular flexibility index (Phi) is 3.25. The van der Waals surface area contributed by atoms with E-state index in [9.17, 15) is 4.79 Å². The number of thioether (sulfide) groups is 2. The molecule has 2 fully saturated rings. The van der Waals surface area contributed by atoms with Gasteiger partial charge in [-0.15, -0.1) is 23.5 Å². The Morgan fingerprint density at radius 3 is 2.54 bits per heavy atom. The molecule has 1 nitrogen and oxygen atoms in total. The first-order valence-electron chi connectivity index (χ1n) is 5.15. The van der Waals surface area contributed by atoms with Gasteiger partial charge in [0.2, 0.25) is 0 Å². The van der Waals surface area contributed by atoms with Gasteiger partial charge in [0.05, 0.1) is 0 Å². The third-order valence-corrected chi connectivity index (χ3v) is 6.28. The normalized spacial score (nSPS) is 28.8. The number of Topliss-reactive ketones (excluding diaryl/α,β-unsaturated/α-hetero) is 1. The highest BCUT2D eigenvalue weighted by atomic mass is 32.2. The predicted octanol–water partition coefficient (Wildman–Crippen LogP) is 3.09. The summed E-state index contributed by atoms with van der Waals surface area (Å²) in [5.41, 5.74) is 0. The van der Waals surface area contributed by atoms with Crippen LogP contribution < -0.4 is 0 Å². The van der Waals surface area contributed by atoms with Crippen LogP contribution in [0.4, 0.5) is 0 Å². The first-order valence-corrected chi connectivity index (χ1v) is 7.12. The molecule has 2 aliphatic rings. The van der Waals surface area contributed by atoms with E-state index in [2.05, 4.69) is 0 Å². The summed E-state index contributed by atoms with van der Waals surface area (Å²) in [7, 11) is 0. The van der Waals surface area contributed by atoms with E-state index in [-0.39, 0.29) is 4.08 Å². The highest BCUT2D eigenvalue weighted by Crippen LogP contribution is 2.48. The molecule has 0 amide bonds. The largest absolute Gasteiger partial charge is 0.297 e. The van der Waals surface area contributed by atoms with Crippen molar-refractivity contribution in [3.63, 3.8) is 0 Å². The number of ketones is 1. The lowest BCUT2D eigenvalue weighted by Gasteiger charge is -2.33. The topological polar surface area (TPSA) is 17.1 Å². The number of hydrogen-bond donors (Lipinski definition) is 0. The van der Waals surface area contributed by atoms with Crippen LogP contribution in [0.5, 0.6) is 0 Å². The Labute approximate surface area is 88.4 Å². The van der Waals surface area contributed by atoms with Gasteiger partial charge < -0.3 is 0 Å². The average molecular weight is 216 g/mol. The molecule has 0 atom stereocenters. The van der Waals surface area contributed by atoms with E-state index in [0.29, 0.717) is 5.78 Å². The molecule has 0 radical (unpaired) electrons. The minimum atomic E-state index is -0.00521. The number of rotatable bonds is 0. The second kappa shape index (κ2) is 4.26. The lowest BCUT2D eigenvalue weighted by molar-refractivity contribution is -0.119. The molecule has 0 aromatic heterocycles. The summed E-state index contributed by atoms with van der Waals surface area (Å²) in [6, 6.07) is 0. The number of hydrogen-bond acceptors (Lipinski definition) is 3. The molecule has 0 unspecified atom stereocenters. The Balaban J connectivity index is 2.10. The fraction of sp³-hybridized carbons (Fsp3) is 0.900. The van der Waals surface area contributed by atoms with E-state index in [1.54, 1.807) is 0 Å². The van der Waals surface area contributed by atoms with Gasteiger partial charge >= 0.3 is 0 Å². The van der Waals surface area contributed by atoms with Crippen LogP contribution >= 0.6 is 23.5 Å². The molecule has 0 aromatic carbocycles. The standard InChI is InChI=1S/C10H16OS2/c11-9-5-2-1-3-6-10(9)12-7-4-8-13-10/h1-8H2. The van der Waals surface area contributed by atoms with Gasteiger partial charge in [-0.3, -0.25) is 4.79 Å². The summed E-state index contributed by atoms with van der Waals surface area (Å²) in [6.45, 7) is 0. The molecule has 2 rings (SSSR count). The minimum absolute atomic E-state index is 0.00521. The van der Waals surface area contributed by atoms with Crippen LogP contribution in [0.25, 0.3) is 0 Å². The van der Waals surface area contributed by atoms with Crippen molar-refractivity contribution in [1.29, 1.82) is 0 Å². The Bertz CT molecular complexity index is 197. The van der Waals surface area contributed by atoms with Crippen LogP contribution in [0.3, 0.4) is 0 Å². The molecule has 1 saturated heterocycles. The summed E-state index contributed by atoms with van der Waals surface area (Å²) in [5, 5.41) is 0. The van der Waals surface area contributed by atoms with E-state index in [4.69, 9.17) is 0 Å². The van der Waals surface area contributed by atoms with Gasteiger partial charge in [-0.25, -0.2) is 0 Å². The molecule has 0 N–H and O–H groups in total. The molecule has 13 heavy (non-hydrogen) atoms. The summed E-state index contributed by atoms with van der Waals surface area (Å²) >= 11 is 3.84. The van der Waals surface area contributed by atoms with Crippen LogP contribution in [0.15, 0.2) is 0 Å². The van der Waals surface area contributed by atoms with E-state index < -0.39 is 0 Å². The van der Waals surface area contributed by atoms with Crippen molar-refractivity contribution in [2.75, 3.05) is 11.5 Å². The van der Waals surface area contributed by atoms with E-state index >= 15 is 0 Å². The zero-order valence-corrected chi connectivity index (χ0v) is 9.51. The van der Waals surface area contributed by atoms with E-state index in [1.165, 1.54) is 30.8 Å². The van der Waals surface area contributed by atoms with Crippen molar-refractivity contribution < 1.29 is 4.79 Å². The number of carbonyl (C=O) groups excluding carboxylic acids is 1. The Hall–Kier alpha value is 0.370. The van der Waals surface area contributed by atoms with Gasteiger partial charge in [-0.2, -0.15) is 0 Å². The van der Waals surface area contributed by atoms with Crippen LogP contribution in [0, 0.1) is 0 Å². The minimum Gasteiger partial charge on any atom is -0.297 e. The third-order valence-electron chi connectivity index (χ3n) is 2.79. The molecule has 1 aliphatic carbocycles. The fourth-order valence-electron chi connectivity index (χ4n) is 2.03. The molecule has 1 heterocycles. The predicted molar refractivity (Wildman–Crippen MR) is 60.4 cm³/mol. The lowest BCUT2D eigenvalue weighted by Crippen LogP contribution is -2.33. The van der Waals surface area contributed by atoms with Crippen molar-refractivity contribution in [1.82, 2.24) is 0 Å². The van der Waals surface area contributed by atoms with Crippen LogP contribution in [-0.4, -0.2) is 21.4 Å². The fourth-order valence-corrected chi connectivity index (χ4v) is 5.39. The van der Waals surface area contributed by atoms with Crippen molar-refractivity contribution in [2.24, 2.45) is 0 Å². The van der Waals surface area contributed by atoms with Gasteiger partial charge in [0, 0.05) is 6.42 Å². The molecule has 74 valence electrons. The molecule has 1 spiro atoms. The van der Waals surface area contributed by atoms with Crippen molar-refractivity contribution >= 4 is 29.3 Å². The SMILES string of the molecule is O=C1CCCCCC12SCCCS2.